The Balaban J connectivity index is 0.000000427. The number of amides is 2. The van der Waals surface area contributed by atoms with E-state index in [2.05, 4.69) is 44.3 Å². The zero-order valence-corrected chi connectivity index (χ0v) is 76.6. The summed E-state index contributed by atoms with van der Waals surface area (Å²) in [6, 6.07) is 35.5. The summed E-state index contributed by atoms with van der Waals surface area (Å²) in [5.41, 5.74) is 14.2. The maximum Gasteiger partial charge on any atom is 0.343 e. The van der Waals surface area contributed by atoms with Gasteiger partial charge in [0.2, 0.25) is 11.8 Å². The van der Waals surface area contributed by atoms with E-state index < -0.39 is 60.8 Å². The molecular formula is C91H110N10O34. The highest BCUT2D eigenvalue weighted by Gasteiger charge is 2.24. The first-order valence-electron chi connectivity index (χ1n) is 40.1. The van der Waals surface area contributed by atoms with Crippen molar-refractivity contribution >= 4 is 99.9 Å². The Labute approximate surface area is 775 Å². The van der Waals surface area contributed by atoms with Crippen molar-refractivity contribution in [3.8, 4) is 69.0 Å². The number of nitrogens with two attached hydrogens (primary N) is 2. The van der Waals surface area contributed by atoms with E-state index in [1.807, 2.05) is 0 Å². The monoisotopic (exact) mass is 1890 g/mol. The molecule has 0 saturated carbocycles. The zero-order valence-electron chi connectivity index (χ0n) is 76.6. The van der Waals surface area contributed by atoms with Gasteiger partial charge >= 0.3 is 41.8 Å². The fourth-order valence-corrected chi connectivity index (χ4v) is 10.3. The van der Waals surface area contributed by atoms with Gasteiger partial charge in [-0.15, -0.1) is 0 Å². The third-order valence-corrected chi connectivity index (χ3v) is 17.1. The molecule has 0 bridgehead atoms. The largest absolute Gasteiger partial charge is 0.504 e. The maximum absolute atomic E-state index is 12.7. The number of hydrogen-bond acceptors (Lipinski definition) is 40. The summed E-state index contributed by atoms with van der Waals surface area (Å²) in [5.74, 6) is -6.36. The number of phenols is 4. The second-order valence-corrected chi connectivity index (χ2v) is 28.2. The summed E-state index contributed by atoms with van der Waals surface area (Å²) in [4.78, 5) is 189. The van der Waals surface area contributed by atoms with Crippen LogP contribution in [0.2, 0.25) is 0 Å². The van der Waals surface area contributed by atoms with E-state index in [0.29, 0.717) is 57.4 Å². The first-order chi connectivity index (χ1) is 64.0. The van der Waals surface area contributed by atoms with Crippen molar-refractivity contribution in [3.05, 3.63) is 190 Å². The summed E-state index contributed by atoms with van der Waals surface area (Å²) >= 11 is 0. The average Bonchev–Trinajstić information content (AvgIpc) is 0.836. The van der Waals surface area contributed by atoms with Crippen LogP contribution < -0.4 is 60.0 Å². The number of carboxylic acids is 2. The number of rotatable bonds is 45. The van der Waals surface area contributed by atoms with Crippen LogP contribution in [-0.4, -0.2) is 333 Å². The number of ketones is 6. The number of likely N-dealkylation sites (N-methyl/N-ethyl adjacent to an activating group) is 6. The van der Waals surface area contributed by atoms with E-state index in [1.54, 1.807) is 114 Å². The second kappa shape index (κ2) is 60.0. The second-order valence-electron chi connectivity index (χ2n) is 28.2. The minimum atomic E-state index is -1.26. The van der Waals surface area contributed by atoms with Gasteiger partial charge in [-0.1, -0.05) is 12.1 Å². The lowest BCUT2D eigenvalue weighted by Crippen LogP contribution is -2.33. The van der Waals surface area contributed by atoms with Crippen LogP contribution in [0.5, 0.6) is 69.0 Å². The Morgan fingerprint density at radius 1 is 0.319 bits per heavy atom. The normalized spacial score (nSPS) is 10.2. The fraction of sp³-hybridized carbons (Fsp3) is 0.330. The van der Waals surface area contributed by atoms with Crippen molar-refractivity contribution in [2.45, 2.75) is 19.8 Å². The number of nitrogen functional groups attached to an aromatic ring is 2. The van der Waals surface area contributed by atoms with Crippen molar-refractivity contribution in [1.82, 2.24) is 40.2 Å². The van der Waals surface area contributed by atoms with E-state index in [9.17, 15) is 71.9 Å². The minimum Gasteiger partial charge on any atom is -0.504 e. The van der Waals surface area contributed by atoms with E-state index in [1.165, 1.54) is 150 Å². The smallest absolute Gasteiger partial charge is 0.343 e. The first-order valence-corrected chi connectivity index (χ1v) is 40.1. The summed E-state index contributed by atoms with van der Waals surface area (Å²) in [7, 11) is 19.6. The van der Waals surface area contributed by atoms with Gasteiger partial charge in [-0.3, -0.25) is 38.4 Å². The van der Waals surface area contributed by atoms with Gasteiger partial charge in [0.15, 0.2) is 150 Å². The lowest BCUT2D eigenvalue weighted by molar-refractivity contribution is -0.144. The van der Waals surface area contributed by atoms with Crippen molar-refractivity contribution in [1.29, 1.82) is 0 Å². The summed E-state index contributed by atoms with van der Waals surface area (Å²) in [6.45, 7) is -0.392. The SMILES string of the molecule is CCOc1ccc(C(=O)CN(C)C(=O)Cc2cccc(N)n2)cc1OCC(=O)OC.CN(C)CC(=O)c1ccc(O)c(O)c1.CN(CC(=O)c1ccc(OCC(=O)O)c(OCC(=O)O)c1)C(=O)Cc1cccc(N)n1.CNCC(=O)c1ccc(O)c(O)c1.CNCC(=O)c1ccc(OCC(=O)OC)c(OCC(=O)OC)c1.COC(=O)COc1ccc(C(=O)CN(C)C)cc1OCC(=O)OC. The summed E-state index contributed by atoms with van der Waals surface area (Å²) < 4.78 is 64.8. The van der Waals surface area contributed by atoms with Crippen LogP contribution in [0.3, 0.4) is 0 Å². The number of carboxylic acid groups (broad SMARTS) is 2. The van der Waals surface area contributed by atoms with E-state index in [-0.39, 0.29) is 201 Å². The molecule has 0 fully saturated rings. The molecular weight excluding hydrogens is 1780 g/mol. The highest BCUT2D eigenvalue weighted by atomic mass is 16.6. The molecule has 2 heterocycles. The van der Waals surface area contributed by atoms with Gasteiger partial charge in [-0.25, -0.2) is 43.5 Å². The average molecular weight is 1890 g/mol. The van der Waals surface area contributed by atoms with E-state index in [0.717, 1.165) is 0 Å². The number of pyridine rings is 2. The Bertz CT molecular complexity index is 5380. The first kappa shape index (κ1) is 113. The number of Topliss-reactive ketones (excluding diaryl/α,β-unsaturated/α-hetero) is 6. The number of aliphatic carboxylic acids is 2. The van der Waals surface area contributed by atoms with Crippen LogP contribution in [0, 0.1) is 0 Å². The Kier molecular flexibility index (Phi) is 50.2. The molecule has 2 amide bonds. The zero-order chi connectivity index (χ0) is 101. The van der Waals surface area contributed by atoms with Gasteiger partial charge in [0.1, 0.15) is 11.6 Å². The van der Waals surface area contributed by atoms with Crippen LogP contribution in [0.4, 0.5) is 11.6 Å². The molecule has 0 saturated heterocycles. The van der Waals surface area contributed by atoms with Crippen LogP contribution in [-0.2, 0) is 79.7 Å². The number of benzene rings is 6. The molecule has 8 rings (SSSR count). The van der Waals surface area contributed by atoms with Gasteiger partial charge in [0.05, 0.1) is 106 Å². The predicted molar refractivity (Wildman–Crippen MR) is 481 cm³/mol. The van der Waals surface area contributed by atoms with E-state index >= 15 is 0 Å². The quantitative estimate of drug-likeness (QED) is 0.0111. The molecule has 12 N–H and O–H groups in total. The molecule has 6 aromatic carbocycles. The molecule has 0 unspecified atom stereocenters. The van der Waals surface area contributed by atoms with Crippen LogP contribution in [0.1, 0.15) is 80.5 Å². The van der Waals surface area contributed by atoms with Gasteiger partial charge in [-0.2, -0.15) is 0 Å². The highest BCUT2D eigenvalue weighted by Crippen LogP contribution is 2.34. The fourth-order valence-electron chi connectivity index (χ4n) is 10.3. The molecule has 135 heavy (non-hydrogen) atoms. The molecule has 8 aromatic rings. The van der Waals surface area contributed by atoms with E-state index in [4.69, 9.17) is 80.0 Å². The number of carbonyl (C=O) groups is 15. The van der Waals surface area contributed by atoms with Gasteiger partial charge in [0.25, 0.3) is 0 Å². The molecule has 44 nitrogen and oxygen atoms in total. The van der Waals surface area contributed by atoms with Gasteiger partial charge in [-0.05, 0) is 183 Å². The van der Waals surface area contributed by atoms with Crippen LogP contribution >= 0.6 is 0 Å². The molecule has 0 aliphatic carbocycles. The number of esters is 5. The van der Waals surface area contributed by atoms with Crippen LogP contribution in [0.15, 0.2) is 146 Å². The third kappa shape index (κ3) is 43.0. The summed E-state index contributed by atoms with van der Waals surface area (Å²) in [5, 5.41) is 59.3. The predicted octanol–water partition coefficient (Wildman–Crippen LogP) is 4.04. The van der Waals surface area contributed by atoms with Gasteiger partial charge < -0.3 is 134 Å². The molecule has 728 valence electrons. The Hall–Kier alpha value is -16.1. The molecule has 0 spiro atoms. The topological polar surface area (TPSA) is 612 Å². The number of ether oxygens (including phenoxy) is 13. The van der Waals surface area contributed by atoms with Gasteiger partial charge in [0, 0.05) is 47.5 Å². The molecule has 44 heteroatoms. The molecule has 0 radical (unpaired) electrons. The molecule has 0 aliphatic rings. The molecule has 0 atom stereocenters. The molecule has 2 aromatic heterocycles. The minimum absolute atomic E-state index is 0.0302. The molecule has 0 aliphatic heterocycles. The Morgan fingerprint density at radius 2 is 0.570 bits per heavy atom. The number of nitrogens with one attached hydrogen (secondary N) is 2. The standard InChI is InChI=1S/C21H25N3O6.C20H21N3O8.C16H21NO7.C15H19NO7.C10H13NO3.C9H11NO3/c1-4-29-17-9-8-14(10-18(17)30-13-21(27)28-3)16(25)12-24(2)20(26)11-15-6-5-7-19(22)23-15;1-23(18(25)8-13-3-2-4-17(21)22-13)9-14(24)12-5-6-15(30-10-19(26)27)16(7-12)31-11-20(28)29;1-17(2)8-12(18)11-5-6-13(23-9-15(19)21-3)14(7-11)24-10-16(20)22-4;1-16-7-11(17)10-4-5-12(22-8-14(18)20-2)13(6-10)23-9-15(19)21-3;1-11(2)6-10(14)7-3-4-8(12)9(13)5-7;1-10-5-9(13)6-2-3-7(11)8(12)4-6/h5-10H,4,11-13H2,1-3H3,(H2,22,23);2-7H,8-11H2,1H3,(H2,21,22)(H,26,27)(H,28,29);5-7H,8-10H2,1-4H3;4-6,16H,7-9H2,1-3H3;3-5,12-13H,6H2,1-2H3;2-4,10-12H,5H2,1H3. The number of phenolic OH excluding ortho intramolecular Hbond substituents is 4. The van der Waals surface area contributed by atoms with Crippen molar-refractivity contribution < 1.29 is 164 Å². The number of nitrogens with zero attached hydrogens (tertiary/aromatic N) is 6. The van der Waals surface area contributed by atoms with Crippen molar-refractivity contribution in [3.63, 3.8) is 0 Å². The third-order valence-electron chi connectivity index (χ3n) is 17.1. The number of aromatic nitrogens is 2. The number of methoxy groups -OCH3 is 5. The Morgan fingerprint density at radius 3 is 0.837 bits per heavy atom. The number of anilines is 2. The number of hydrogen-bond donors (Lipinski definition) is 10. The number of aromatic hydroxyl groups is 4. The lowest BCUT2D eigenvalue weighted by Gasteiger charge is -2.17. The van der Waals surface area contributed by atoms with Crippen molar-refractivity contribution in [2.75, 3.05) is 196 Å². The lowest BCUT2D eigenvalue weighted by atomic mass is 10.1. The number of carbonyl (C=O) groups excluding carboxylic acids is 13. The maximum atomic E-state index is 12.7. The highest BCUT2D eigenvalue weighted by molar-refractivity contribution is 6.02. The van der Waals surface area contributed by atoms with Crippen LogP contribution in [0.25, 0.3) is 0 Å². The summed E-state index contributed by atoms with van der Waals surface area (Å²) in [6.07, 6.45) is -0.00462. The van der Waals surface area contributed by atoms with Crippen molar-refractivity contribution in [2.24, 2.45) is 0 Å².